The van der Waals surface area contributed by atoms with Gasteiger partial charge in [-0.15, -0.1) is 0 Å². The normalized spacial score (nSPS) is 20.1. The summed E-state index contributed by atoms with van der Waals surface area (Å²) in [6.07, 6.45) is 3.44. The number of pyridine rings is 1. The summed E-state index contributed by atoms with van der Waals surface area (Å²) in [5, 5.41) is 9.04. The van der Waals surface area contributed by atoms with E-state index in [4.69, 9.17) is 14.4 Å². The van der Waals surface area contributed by atoms with Crippen molar-refractivity contribution in [1.82, 2.24) is 4.40 Å². The van der Waals surface area contributed by atoms with Gasteiger partial charge in [-0.05, 0) is 45.3 Å². The van der Waals surface area contributed by atoms with E-state index in [0.717, 1.165) is 11.0 Å². The highest BCUT2D eigenvalue weighted by atomic mass is 16.7. The molecule has 1 fully saturated rings. The van der Waals surface area contributed by atoms with Crippen molar-refractivity contribution in [3.8, 4) is 0 Å². The Labute approximate surface area is 123 Å². The first-order chi connectivity index (χ1) is 9.69. The van der Waals surface area contributed by atoms with Gasteiger partial charge < -0.3 is 18.8 Å². The van der Waals surface area contributed by atoms with Crippen LogP contribution in [0, 0.1) is 0 Å². The first-order valence-corrected chi connectivity index (χ1v) is 6.90. The predicted octanol–water partition coefficient (Wildman–Crippen LogP) is 1.94. The van der Waals surface area contributed by atoms with Gasteiger partial charge in [-0.3, -0.25) is 0 Å². The molecule has 0 bridgehead atoms. The maximum Gasteiger partial charge on any atom is 0.496 e. The molecule has 2 aromatic heterocycles. The summed E-state index contributed by atoms with van der Waals surface area (Å²) in [6.45, 7) is 8.01. The van der Waals surface area contributed by atoms with E-state index in [9.17, 15) is 4.79 Å². The van der Waals surface area contributed by atoms with Gasteiger partial charge in [-0.25, -0.2) is 4.79 Å². The third kappa shape index (κ3) is 2.24. The Kier molecular flexibility index (Phi) is 2.94. The van der Waals surface area contributed by atoms with Crippen LogP contribution in [0.15, 0.2) is 30.6 Å². The van der Waals surface area contributed by atoms with Crippen LogP contribution in [-0.4, -0.2) is 33.8 Å². The largest absolute Gasteiger partial charge is 0.496 e. The quantitative estimate of drug-likeness (QED) is 0.857. The number of nitrogens with zero attached hydrogens (tertiary/aromatic N) is 1. The molecule has 1 aliphatic rings. The van der Waals surface area contributed by atoms with Gasteiger partial charge in [0.15, 0.2) is 0 Å². The molecule has 2 aromatic rings. The topological polar surface area (TPSA) is 60.2 Å². The number of fused-ring (bicyclic) bond motifs is 1. The van der Waals surface area contributed by atoms with Crippen LogP contribution in [-0.2, 0) is 9.31 Å². The fourth-order valence-electron chi connectivity index (χ4n) is 2.36. The summed E-state index contributed by atoms with van der Waals surface area (Å²) >= 11 is 0. The molecule has 3 rings (SSSR count). The van der Waals surface area contributed by atoms with Gasteiger partial charge in [0, 0.05) is 17.9 Å². The molecule has 0 aromatic carbocycles. The van der Waals surface area contributed by atoms with Crippen molar-refractivity contribution in [2.45, 2.75) is 38.9 Å². The van der Waals surface area contributed by atoms with E-state index >= 15 is 0 Å². The smallest absolute Gasteiger partial charge is 0.478 e. The van der Waals surface area contributed by atoms with E-state index in [1.807, 2.05) is 46.0 Å². The van der Waals surface area contributed by atoms with Crippen LogP contribution in [0.5, 0.6) is 0 Å². The number of aromatic nitrogens is 1. The van der Waals surface area contributed by atoms with Crippen molar-refractivity contribution in [2.24, 2.45) is 0 Å². The van der Waals surface area contributed by atoms with Crippen molar-refractivity contribution in [2.75, 3.05) is 0 Å². The molecule has 0 aliphatic carbocycles. The summed E-state index contributed by atoms with van der Waals surface area (Å²) in [6, 6.07) is 5.41. The van der Waals surface area contributed by atoms with Gasteiger partial charge in [-0.2, -0.15) is 0 Å². The fourth-order valence-corrected chi connectivity index (χ4v) is 2.36. The molecule has 0 saturated carbocycles. The van der Waals surface area contributed by atoms with E-state index in [-0.39, 0.29) is 5.56 Å². The lowest BCUT2D eigenvalue weighted by Gasteiger charge is -2.32. The number of carbonyl (C=O) groups is 1. The molecule has 0 unspecified atom stereocenters. The van der Waals surface area contributed by atoms with E-state index in [1.54, 1.807) is 16.7 Å². The number of rotatable bonds is 2. The Hall–Kier alpha value is -1.79. The molecular weight excluding hydrogens is 269 g/mol. The molecule has 21 heavy (non-hydrogen) atoms. The molecule has 5 nitrogen and oxygen atoms in total. The minimum absolute atomic E-state index is 0.265. The van der Waals surface area contributed by atoms with Gasteiger partial charge in [0.05, 0.1) is 16.8 Å². The van der Waals surface area contributed by atoms with Crippen LogP contribution in [0.3, 0.4) is 0 Å². The Morgan fingerprint density at radius 3 is 2.33 bits per heavy atom. The third-order valence-corrected chi connectivity index (χ3v) is 4.39. The van der Waals surface area contributed by atoms with Crippen molar-refractivity contribution < 1.29 is 19.2 Å². The summed E-state index contributed by atoms with van der Waals surface area (Å²) < 4.78 is 13.8. The van der Waals surface area contributed by atoms with Crippen LogP contribution in [0.4, 0.5) is 0 Å². The first-order valence-electron chi connectivity index (χ1n) is 6.90. The van der Waals surface area contributed by atoms with Crippen molar-refractivity contribution >= 4 is 24.1 Å². The molecule has 1 saturated heterocycles. The highest BCUT2D eigenvalue weighted by Gasteiger charge is 2.51. The molecule has 1 N–H and O–H groups in total. The minimum atomic E-state index is -0.934. The van der Waals surface area contributed by atoms with E-state index in [0.29, 0.717) is 0 Å². The Morgan fingerprint density at radius 1 is 1.14 bits per heavy atom. The maximum atomic E-state index is 11.0. The lowest BCUT2D eigenvalue weighted by Crippen LogP contribution is -2.41. The molecule has 0 amide bonds. The van der Waals surface area contributed by atoms with Crippen LogP contribution in [0.1, 0.15) is 38.1 Å². The summed E-state index contributed by atoms with van der Waals surface area (Å²) in [5.41, 5.74) is 1.17. The lowest BCUT2D eigenvalue weighted by atomic mass is 9.80. The van der Waals surface area contributed by atoms with Crippen molar-refractivity contribution in [1.29, 1.82) is 0 Å². The van der Waals surface area contributed by atoms with Gasteiger partial charge in [0.1, 0.15) is 0 Å². The molecule has 0 radical (unpaired) electrons. The number of hydrogen-bond acceptors (Lipinski definition) is 3. The second-order valence-corrected chi connectivity index (χ2v) is 6.42. The zero-order valence-electron chi connectivity index (χ0n) is 12.6. The van der Waals surface area contributed by atoms with Gasteiger partial charge in [-0.1, -0.05) is 6.07 Å². The Balaban J connectivity index is 1.97. The number of carboxylic acids is 1. The predicted molar refractivity (Wildman–Crippen MR) is 80.1 cm³/mol. The Morgan fingerprint density at radius 2 is 1.76 bits per heavy atom. The first kappa shape index (κ1) is 14.2. The van der Waals surface area contributed by atoms with Crippen LogP contribution in [0.2, 0.25) is 0 Å². The maximum absolute atomic E-state index is 11.0. The molecule has 110 valence electrons. The van der Waals surface area contributed by atoms with Gasteiger partial charge in [0.25, 0.3) is 0 Å². The van der Waals surface area contributed by atoms with Crippen LogP contribution >= 0.6 is 0 Å². The number of carboxylic acid groups (broad SMARTS) is 1. The highest BCUT2D eigenvalue weighted by molar-refractivity contribution is 6.62. The Bertz CT molecular complexity index is 704. The zero-order chi connectivity index (χ0) is 15.4. The van der Waals surface area contributed by atoms with Crippen LogP contribution in [0.25, 0.3) is 5.52 Å². The average molecular weight is 287 g/mol. The summed E-state index contributed by atoms with van der Waals surface area (Å²) in [7, 11) is -0.449. The van der Waals surface area contributed by atoms with Gasteiger partial charge >= 0.3 is 13.1 Å². The number of hydrogen-bond donors (Lipinski definition) is 1. The van der Waals surface area contributed by atoms with E-state index in [2.05, 4.69) is 0 Å². The molecule has 3 heterocycles. The lowest BCUT2D eigenvalue weighted by molar-refractivity contribution is 0.00578. The van der Waals surface area contributed by atoms with Crippen LogP contribution < -0.4 is 5.46 Å². The monoisotopic (exact) mass is 287 g/mol. The molecule has 6 heteroatoms. The number of aromatic carboxylic acids is 1. The van der Waals surface area contributed by atoms with Crippen molar-refractivity contribution in [3.05, 3.63) is 36.2 Å². The zero-order valence-corrected chi connectivity index (χ0v) is 12.6. The standard InChI is InChI=1S/C15H18BNO4/c1-14(2)15(3,4)21-16(20-14)11-5-6-12-7-10(13(18)19)8-17(12)9-11/h5-9H,1-4H3,(H,18,19). The van der Waals surface area contributed by atoms with Gasteiger partial charge in [0.2, 0.25) is 0 Å². The SMILES string of the molecule is CC1(C)OB(c2ccc3cc(C(=O)O)cn3c2)OC1(C)C. The average Bonchev–Trinajstić information content (AvgIpc) is 2.88. The molecule has 0 atom stereocenters. The van der Waals surface area contributed by atoms with E-state index < -0.39 is 24.3 Å². The highest BCUT2D eigenvalue weighted by Crippen LogP contribution is 2.36. The second kappa shape index (κ2) is 4.35. The minimum Gasteiger partial charge on any atom is -0.478 e. The fraction of sp³-hybridized carbons (Fsp3) is 0.400. The molecular formula is C15H18BNO4. The molecule has 0 spiro atoms. The van der Waals surface area contributed by atoms with Crippen molar-refractivity contribution in [3.63, 3.8) is 0 Å². The summed E-state index contributed by atoms with van der Waals surface area (Å²) in [4.78, 5) is 11.0. The second-order valence-electron chi connectivity index (χ2n) is 6.42. The molecule has 1 aliphatic heterocycles. The van der Waals surface area contributed by atoms with E-state index in [1.165, 1.54) is 0 Å². The summed E-state index contributed by atoms with van der Waals surface area (Å²) in [5.74, 6) is -0.934. The third-order valence-electron chi connectivity index (χ3n) is 4.39.